The van der Waals surface area contributed by atoms with E-state index in [9.17, 15) is 9.59 Å². The van der Waals surface area contributed by atoms with Crippen molar-refractivity contribution in [2.45, 2.75) is 51.2 Å². The Hall–Kier alpha value is -1.10. The van der Waals surface area contributed by atoms with Crippen LogP contribution in [0.25, 0.3) is 0 Å². The standard InChI is InChI=1S/C12H21N3O2/c1-3-13-11(16)8(2)15-7-6-10(12(15)17)14-9-4-5-9/h8-10,14H,3-7H2,1-2H3,(H,13,16). The Bertz CT molecular complexity index is 315. The van der Waals surface area contributed by atoms with Gasteiger partial charge in [-0.25, -0.2) is 0 Å². The summed E-state index contributed by atoms with van der Waals surface area (Å²) in [4.78, 5) is 25.5. The Morgan fingerprint density at radius 2 is 2.18 bits per heavy atom. The summed E-state index contributed by atoms with van der Waals surface area (Å²) < 4.78 is 0. The van der Waals surface area contributed by atoms with Crippen LogP contribution in [0.15, 0.2) is 0 Å². The molecular weight excluding hydrogens is 218 g/mol. The Balaban J connectivity index is 1.89. The highest BCUT2D eigenvalue weighted by molar-refractivity contribution is 5.90. The van der Waals surface area contributed by atoms with Gasteiger partial charge in [0, 0.05) is 19.1 Å². The van der Waals surface area contributed by atoms with Gasteiger partial charge in [0.1, 0.15) is 6.04 Å². The third kappa shape index (κ3) is 2.77. The highest BCUT2D eigenvalue weighted by atomic mass is 16.2. The molecule has 1 saturated carbocycles. The molecule has 1 saturated heterocycles. The van der Waals surface area contributed by atoms with Crippen LogP contribution in [0.4, 0.5) is 0 Å². The van der Waals surface area contributed by atoms with Crippen LogP contribution in [0.1, 0.15) is 33.1 Å². The summed E-state index contributed by atoms with van der Waals surface area (Å²) in [5, 5.41) is 6.09. The summed E-state index contributed by atoms with van der Waals surface area (Å²) in [6.07, 6.45) is 3.17. The molecule has 2 aliphatic rings. The van der Waals surface area contributed by atoms with E-state index in [0.717, 1.165) is 6.42 Å². The van der Waals surface area contributed by atoms with Gasteiger partial charge >= 0.3 is 0 Å². The molecule has 0 radical (unpaired) electrons. The Kier molecular flexibility index (Phi) is 3.66. The highest BCUT2D eigenvalue weighted by Gasteiger charge is 2.38. The molecule has 5 nitrogen and oxygen atoms in total. The smallest absolute Gasteiger partial charge is 0.242 e. The van der Waals surface area contributed by atoms with E-state index in [2.05, 4.69) is 10.6 Å². The molecule has 0 aromatic rings. The number of likely N-dealkylation sites (tertiary alicyclic amines) is 1. The molecule has 0 bridgehead atoms. The number of carbonyl (C=O) groups is 2. The fourth-order valence-electron chi connectivity index (χ4n) is 2.24. The average Bonchev–Trinajstić information content (AvgIpc) is 3.04. The van der Waals surface area contributed by atoms with Gasteiger partial charge in [0.05, 0.1) is 6.04 Å². The first kappa shape index (κ1) is 12.4. The molecule has 96 valence electrons. The van der Waals surface area contributed by atoms with Crippen molar-refractivity contribution in [2.75, 3.05) is 13.1 Å². The second-order valence-corrected chi connectivity index (χ2v) is 4.88. The van der Waals surface area contributed by atoms with Crippen molar-refractivity contribution in [3.8, 4) is 0 Å². The number of hydrogen-bond acceptors (Lipinski definition) is 3. The minimum absolute atomic E-state index is 0.0621. The van der Waals surface area contributed by atoms with Crippen molar-refractivity contribution in [1.82, 2.24) is 15.5 Å². The van der Waals surface area contributed by atoms with Crippen LogP contribution in [0, 0.1) is 0 Å². The maximum Gasteiger partial charge on any atom is 0.242 e. The van der Waals surface area contributed by atoms with Crippen LogP contribution >= 0.6 is 0 Å². The predicted octanol–water partition coefficient (Wildman–Crippen LogP) is -0.136. The van der Waals surface area contributed by atoms with E-state index in [1.54, 1.807) is 11.8 Å². The molecule has 1 aliphatic carbocycles. The van der Waals surface area contributed by atoms with Crippen LogP contribution in [-0.4, -0.2) is 47.9 Å². The molecule has 5 heteroatoms. The zero-order valence-corrected chi connectivity index (χ0v) is 10.5. The van der Waals surface area contributed by atoms with Gasteiger partial charge in [0.25, 0.3) is 0 Å². The molecular formula is C12H21N3O2. The molecule has 2 amide bonds. The highest BCUT2D eigenvalue weighted by Crippen LogP contribution is 2.23. The van der Waals surface area contributed by atoms with Crippen molar-refractivity contribution >= 4 is 11.8 Å². The number of amides is 2. The van der Waals surface area contributed by atoms with Gasteiger partial charge in [-0.3, -0.25) is 9.59 Å². The maximum atomic E-state index is 12.1. The number of hydrogen-bond donors (Lipinski definition) is 2. The zero-order valence-electron chi connectivity index (χ0n) is 10.5. The first-order chi connectivity index (χ1) is 8.13. The van der Waals surface area contributed by atoms with E-state index in [4.69, 9.17) is 0 Å². The van der Waals surface area contributed by atoms with Gasteiger partial charge in [-0.1, -0.05) is 0 Å². The summed E-state index contributed by atoms with van der Waals surface area (Å²) in [6.45, 7) is 4.97. The molecule has 1 heterocycles. The number of nitrogens with zero attached hydrogens (tertiary/aromatic N) is 1. The molecule has 0 spiro atoms. The first-order valence-electron chi connectivity index (χ1n) is 6.47. The summed E-state index contributed by atoms with van der Waals surface area (Å²) >= 11 is 0. The molecule has 0 aromatic carbocycles. The van der Waals surface area contributed by atoms with Gasteiger partial charge < -0.3 is 15.5 Å². The van der Waals surface area contributed by atoms with Gasteiger partial charge in [-0.15, -0.1) is 0 Å². The minimum atomic E-state index is -0.353. The van der Waals surface area contributed by atoms with Crippen LogP contribution in [0.5, 0.6) is 0 Å². The largest absolute Gasteiger partial charge is 0.355 e. The SMILES string of the molecule is CCNC(=O)C(C)N1CCC(NC2CC2)C1=O. The van der Waals surface area contributed by atoms with Crippen LogP contribution in [0.3, 0.4) is 0 Å². The second-order valence-electron chi connectivity index (χ2n) is 4.88. The Morgan fingerprint density at radius 3 is 2.76 bits per heavy atom. The molecule has 1 aliphatic heterocycles. The number of carbonyl (C=O) groups excluding carboxylic acids is 2. The topological polar surface area (TPSA) is 61.4 Å². The van der Waals surface area contributed by atoms with Gasteiger partial charge in [0.15, 0.2) is 0 Å². The van der Waals surface area contributed by atoms with E-state index in [1.807, 2.05) is 6.92 Å². The van der Waals surface area contributed by atoms with Crippen molar-refractivity contribution < 1.29 is 9.59 Å². The third-order valence-electron chi connectivity index (χ3n) is 3.45. The summed E-state index contributed by atoms with van der Waals surface area (Å²) in [7, 11) is 0. The number of rotatable bonds is 5. The molecule has 0 aromatic heterocycles. The lowest BCUT2D eigenvalue weighted by atomic mass is 10.2. The fraction of sp³-hybridized carbons (Fsp3) is 0.833. The molecule has 2 N–H and O–H groups in total. The normalized spacial score (nSPS) is 26.1. The summed E-state index contributed by atoms with van der Waals surface area (Å²) in [5.41, 5.74) is 0. The van der Waals surface area contributed by atoms with Gasteiger partial charge in [0.2, 0.25) is 11.8 Å². The lowest BCUT2D eigenvalue weighted by Gasteiger charge is -2.23. The van der Waals surface area contributed by atoms with E-state index in [-0.39, 0.29) is 23.9 Å². The molecule has 2 fully saturated rings. The van der Waals surface area contributed by atoms with E-state index >= 15 is 0 Å². The average molecular weight is 239 g/mol. The molecule has 2 atom stereocenters. The number of likely N-dealkylation sites (N-methyl/N-ethyl adjacent to an activating group) is 1. The van der Waals surface area contributed by atoms with E-state index in [0.29, 0.717) is 19.1 Å². The van der Waals surface area contributed by atoms with E-state index in [1.165, 1.54) is 12.8 Å². The zero-order chi connectivity index (χ0) is 12.4. The summed E-state index contributed by atoms with van der Waals surface area (Å²) in [6, 6.07) is 0.108. The fourth-order valence-corrected chi connectivity index (χ4v) is 2.24. The predicted molar refractivity (Wildman–Crippen MR) is 64.4 cm³/mol. The summed E-state index contributed by atoms with van der Waals surface area (Å²) in [5.74, 6) is 0.0172. The van der Waals surface area contributed by atoms with Crippen LogP contribution < -0.4 is 10.6 Å². The monoisotopic (exact) mass is 239 g/mol. The Labute approximate surface area is 102 Å². The Morgan fingerprint density at radius 1 is 1.47 bits per heavy atom. The number of nitrogens with one attached hydrogen (secondary N) is 2. The van der Waals surface area contributed by atoms with E-state index < -0.39 is 0 Å². The van der Waals surface area contributed by atoms with Crippen LogP contribution in [0.2, 0.25) is 0 Å². The molecule has 2 rings (SSSR count). The van der Waals surface area contributed by atoms with Crippen molar-refractivity contribution in [1.29, 1.82) is 0 Å². The van der Waals surface area contributed by atoms with Gasteiger partial charge in [-0.2, -0.15) is 0 Å². The first-order valence-corrected chi connectivity index (χ1v) is 6.47. The molecule has 2 unspecified atom stereocenters. The second kappa shape index (κ2) is 5.04. The van der Waals surface area contributed by atoms with Crippen molar-refractivity contribution in [3.63, 3.8) is 0 Å². The van der Waals surface area contributed by atoms with Crippen molar-refractivity contribution in [3.05, 3.63) is 0 Å². The lowest BCUT2D eigenvalue weighted by molar-refractivity contribution is -0.137. The van der Waals surface area contributed by atoms with Gasteiger partial charge in [-0.05, 0) is 33.1 Å². The lowest BCUT2D eigenvalue weighted by Crippen LogP contribution is -2.48. The third-order valence-corrected chi connectivity index (χ3v) is 3.45. The van der Waals surface area contributed by atoms with Crippen LogP contribution in [-0.2, 0) is 9.59 Å². The molecule has 17 heavy (non-hydrogen) atoms. The van der Waals surface area contributed by atoms with Crippen molar-refractivity contribution in [2.24, 2.45) is 0 Å². The quantitative estimate of drug-likeness (QED) is 0.702. The minimum Gasteiger partial charge on any atom is -0.355 e. The maximum absolute atomic E-state index is 12.1.